The predicted molar refractivity (Wildman–Crippen MR) is 82.6 cm³/mol. The number of hydrogen-bond acceptors (Lipinski definition) is 5. The number of methoxy groups -OCH3 is 1. The van der Waals surface area contributed by atoms with Crippen LogP contribution in [0.3, 0.4) is 0 Å². The first-order chi connectivity index (χ1) is 10.3. The van der Waals surface area contributed by atoms with E-state index in [1.807, 2.05) is 0 Å². The summed E-state index contributed by atoms with van der Waals surface area (Å²) in [5.41, 5.74) is 0. The fourth-order valence-corrected chi connectivity index (χ4v) is 2.07. The quantitative estimate of drug-likeness (QED) is 0.591. The molecule has 2 N–H and O–H groups in total. The Balaban J connectivity index is 2.66. The van der Waals surface area contributed by atoms with Crippen LogP contribution < -0.4 is 10.1 Å². The summed E-state index contributed by atoms with van der Waals surface area (Å²) in [6.07, 6.45) is -1.12. The Morgan fingerprint density at radius 1 is 1.23 bits per heavy atom. The summed E-state index contributed by atoms with van der Waals surface area (Å²) in [6.45, 7) is 0.913. The summed E-state index contributed by atoms with van der Waals surface area (Å²) in [5, 5.41) is 12.4. The molecular weight excluding hydrogens is 357 g/mol. The number of hydrogen-bond donors (Lipinski definition) is 2. The lowest BCUT2D eigenvalue weighted by Gasteiger charge is -2.19. The largest absolute Gasteiger partial charge is 0.482 e. The van der Waals surface area contributed by atoms with Crippen LogP contribution in [0.2, 0.25) is 15.1 Å². The summed E-state index contributed by atoms with van der Waals surface area (Å²) in [6, 6.07) is 1.56. The molecule has 0 spiro atoms. The van der Waals surface area contributed by atoms with Gasteiger partial charge in [0.2, 0.25) is 0 Å². The van der Waals surface area contributed by atoms with Crippen molar-refractivity contribution in [3.63, 3.8) is 0 Å². The van der Waals surface area contributed by atoms with Crippen LogP contribution in [-0.4, -0.2) is 42.8 Å². The van der Waals surface area contributed by atoms with Gasteiger partial charge in [-0.15, -0.1) is 0 Å². The zero-order valence-electron chi connectivity index (χ0n) is 11.7. The molecule has 1 aromatic carbocycles. The Morgan fingerprint density at radius 2 is 1.82 bits per heavy atom. The molecule has 0 bridgehead atoms. The van der Waals surface area contributed by atoms with Crippen LogP contribution in [0.4, 0.5) is 0 Å². The lowest BCUT2D eigenvalue weighted by molar-refractivity contribution is -0.148. The van der Waals surface area contributed by atoms with Crippen molar-refractivity contribution >= 4 is 46.7 Å². The molecule has 1 amide bonds. The van der Waals surface area contributed by atoms with Gasteiger partial charge in [0.15, 0.2) is 12.6 Å². The molecule has 0 aliphatic rings. The molecule has 1 aromatic rings. The molecule has 0 fully saturated rings. The van der Waals surface area contributed by atoms with Gasteiger partial charge in [-0.05, 0) is 13.0 Å². The minimum Gasteiger partial charge on any atom is -0.482 e. The van der Waals surface area contributed by atoms with Gasteiger partial charge in [0.05, 0.1) is 28.3 Å². The van der Waals surface area contributed by atoms with Crippen molar-refractivity contribution in [1.82, 2.24) is 5.32 Å². The number of carbonyl (C=O) groups is 2. The summed E-state index contributed by atoms with van der Waals surface area (Å²) < 4.78 is 9.69. The normalized spacial score (nSPS) is 13.2. The first-order valence-electron chi connectivity index (χ1n) is 6.08. The molecule has 1 rings (SSSR count). The molecule has 9 heteroatoms. The number of ether oxygens (including phenoxy) is 2. The minimum absolute atomic E-state index is 0.165. The second-order valence-corrected chi connectivity index (χ2v) is 5.52. The highest BCUT2D eigenvalue weighted by atomic mass is 35.5. The molecule has 0 aliphatic heterocycles. The minimum atomic E-state index is -1.19. The number of halogens is 3. The SMILES string of the molecule is COC(=O)[C@@H](NC(=O)COc1cc(Cl)c(Cl)cc1Cl)[C@@H](C)O. The van der Waals surface area contributed by atoms with E-state index in [0.717, 1.165) is 7.11 Å². The number of aliphatic hydroxyl groups excluding tert-OH is 1. The van der Waals surface area contributed by atoms with Crippen molar-refractivity contribution in [1.29, 1.82) is 0 Å². The monoisotopic (exact) mass is 369 g/mol. The van der Waals surface area contributed by atoms with Crippen LogP contribution in [0.5, 0.6) is 5.75 Å². The maximum Gasteiger partial charge on any atom is 0.331 e. The lowest BCUT2D eigenvalue weighted by atomic mass is 10.2. The molecule has 0 saturated heterocycles. The maximum absolute atomic E-state index is 11.8. The molecule has 0 unspecified atom stereocenters. The standard InChI is InChI=1S/C13H14Cl3NO5/c1-6(18)12(13(20)21-2)17-11(19)5-22-10-4-8(15)7(14)3-9(10)16/h3-4,6,12,18H,5H2,1-2H3,(H,17,19)/t6-,12+/m1/s1. The molecule has 6 nitrogen and oxygen atoms in total. The van der Waals surface area contributed by atoms with Crippen LogP contribution in [0.25, 0.3) is 0 Å². The number of benzene rings is 1. The van der Waals surface area contributed by atoms with Gasteiger partial charge in [-0.25, -0.2) is 4.79 Å². The number of carbonyl (C=O) groups excluding carboxylic acids is 2. The number of nitrogens with one attached hydrogen (secondary N) is 1. The fraction of sp³-hybridized carbons (Fsp3) is 0.385. The first kappa shape index (κ1) is 18.8. The Bertz CT molecular complexity index is 565. The number of aliphatic hydroxyl groups is 1. The lowest BCUT2D eigenvalue weighted by Crippen LogP contribution is -2.49. The average molecular weight is 371 g/mol. The predicted octanol–water partition coefficient (Wildman–Crippen LogP) is 2.06. The molecule has 0 radical (unpaired) electrons. The molecule has 122 valence electrons. The molecule has 2 atom stereocenters. The van der Waals surface area contributed by atoms with Gasteiger partial charge in [0.1, 0.15) is 5.75 Å². The van der Waals surface area contributed by atoms with Gasteiger partial charge in [-0.2, -0.15) is 0 Å². The van der Waals surface area contributed by atoms with Crippen molar-refractivity contribution in [3.8, 4) is 5.75 Å². The summed E-state index contributed by atoms with van der Waals surface area (Å²) in [5.74, 6) is -1.24. The van der Waals surface area contributed by atoms with Crippen LogP contribution in [0, 0.1) is 0 Å². The van der Waals surface area contributed by atoms with Crippen molar-refractivity contribution in [3.05, 3.63) is 27.2 Å². The van der Waals surface area contributed by atoms with Gasteiger partial charge in [-0.3, -0.25) is 4.79 Å². The Hall–Kier alpha value is -1.21. The van der Waals surface area contributed by atoms with Gasteiger partial charge in [-0.1, -0.05) is 34.8 Å². The molecule has 0 aromatic heterocycles. The third-order valence-electron chi connectivity index (χ3n) is 2.59. The van der Waals surface area contributed by atoms with E-state index < -0.39 is 30.6 Å². The van der Waals surface area contributed by atoms with Crippen LogP contribution in [-0.2, 0) is 14.3 Å². The van der Waals surface area contributed by atoms with E-state index in [-0.39, 0.29) is 20.8 Å². The zero-order chi connectivity index (χ0) is 16.9. The van der Waals surface area contributed by atoms with Crippen LogP contribution in [0.15, 0.2) is 12.1 Å². The smallest absolute Gasteiger partial charge is 0.331 e. The Morgan fingerprint density at radius 3 is 2.36 bits per heavy atom. The van der Waals surface area contributed by atoms with E-state index in [0.29, 0.717) is 0 Å². The van der Waals surface area contributed by atoms with Crippen LogP contribution in [0.1, 0.15) is 6.92 Å². The summed E-state index contributed by atoms with van der Waals surface area (Å²) in [7, 11) is 1.15. The summed E-state index contributed by atoms with van der Waals surface area (Å²) >= 11 is 17.5. The second-order valence-electron chi connectivity index (χ2n) is 4.29. The van der Waals surface area contributed by atoms with Gasteiger partial charge >= 0.3 is 5.97 Å². The van der Waals surface area contributed by atoms with Crippen molar-refractivity contribution in [2.45, 2.75) is 19.1 Å². The highest BCUT2D eigenvalue weighted by Crippen LogP contribution is 2.33. The molecule has 0 heterocycles. The first-order valence-corrected chi connectivity index (χ1v) is 7.22. The topological polar surface area (TPSA) is 84.9 Å². The molecule has 22 heavy (non-hydrogen) atoms. The third-order valence-corrected chi connectivity index (χ3v) is 3.61. The Labute approximate surface area is 142 Å². The maximum atomic E-state index is 11.8. The molecule has 0 saturated carbocycles. The van der Waals surface area contributed by atoms with Gasteiger partial charge in [0, 0.05) is 6.07 Å². The number of rotatable bonds is 6. The zero-order valence-corrected chi connectivity index (χ0v) is 14.0. The number of amides is 1. The van der Waals surface area contributed by atoms with E-state index >= 15 is 0 Å². The van der Waals surface area contributed by atoms with Crippen molar-refractivity contribution in [2.24, 2.45) is 0 Å². The van der Waals surface area contributed by atoms with E-state index in [1.165, 1.54) is 19.1 Å². The second kappa shape index (κ2) is 8.43. The van der Waals surface area contributed by atoms with E-state index in [1.54, 1.807) is 0 Å². The Kier molecular flexibility index (Phi) is 7.22. The molecular formula is C13H14Cl3NO5. The fourth-order valence-electron chi connectivity index (χ4n) is 1.48. The number of esters is 1. The summed E-state index contributed by atoms with van der Waals surface area (Å²) in [4.78, 5) is 23.2. The van der Waals surface area contributed by atoms with Crippen LogP contribution >= 0.6 is 34.8 Å². The van der Waals surface area contributed by atoms with Crippen molar-refractivity contribution in [2.75, 3.05) is 13.7 Å². The average Bonchev–Trinajstić information content (AvgIpc) is 2.46. The van der Waals surface area contributed by atoms with E-state index in [2.05, 4.69) is 10.1 Å². The molecule has 0 aliphatic carbocycles. The van der Waals surface area contributed by atoms with Crippen molar-refractivity contribution < 1.29 is 24.2 Å². The van der Waals surface area contributed by atoms with Gasteiger partial charge < -0.3 is 19.9 Å². The highest BCUT2D eigenvalue weighted by molar-refractivity contribution is 6.43. The van der Waals surface area contributed by atoms with E-state index in [9.17, 15) is 14.7 Å². The van der Waals surface area contributed by atoms with E-state index in [4.69, 9.17) is 39.5 Å². The third kappa shape index (κ3) is 5.21. The highest BCUT2D eigenvalue weighted by Gasteiger charge is 2.26. The van der Waals surface area contributed by atoms with Gasteiger partial charge in [0.25, 0.3) is 5.91 Å².